The summed E-state index contributed by atoms with van der Waals surface area (Å²) >= 11 is 6.31. The molecule has 1 aromatic heterocycles. The van der Waals surface area contributed by atoms with Crippen molar-refractivity contribution in [3.05, 3.63) is 40.9 Å². The zero-order valence-electron chi connectivity index (χ0n) is 15.6. The number of para-hydroxylation sites is 1. The molecule has 3 rings (SSSR count). The smallest absolute Gasteiger partial charge is 0.291 e. The Morgan fingerprint density at radius 3 is 2.69 bits per heavy atom. The van der Waals surface area contributed by atoms with Crippen LogP contribution in [0.5, 0.6) is 0 Å². The average Bonchev–Trinajstić information content (AvgIpc) is 3.06. The van der Waals surface area contributed by atoms with E-state index in [1.54, 1.807) is 10.7 Å². The number of nitrogens with zero attached hydrogens (tertiary/aromatic N) is 3. The van der Waals surface area contributed by atoms with Crippen molar-refractivity contribution in [2.45, 2.75) is 39.5 Å². The topological polar surface area (TPSA) is 71.8 Å². The first kappa shape index (κ1) is 18.9. The molecule has 2 N–H and O–H groups in total. The largest absolute Gasteiger partial charge is 0.349 e. The van der Waals surface area contributed by atoms with Gasteiger partial charge in [0.25, 0.3) is 5.91 Å². The number of piperidine rings is 1. The van der Waals surface area contributed by atoms with E-state index in [0.717, 1.165) is 37.4 Å². The van der Waals surface area contributed by atoms with Crippen LogP contribution in [-0.4, -0.2) is 40.3 Å². The van der Waals surface area contributed by atoms with E-state index in [4.69, 9.17) is 11.6 Å². The predicted molar refractivity (Wildman–Crippen MR) is 103 cm³/mol. The molecule has 0 spiro atoms. The molecule has 0 bridgehead atoms. The quantitative estimate of drug-likeness (QED) is 0.842. The van der Waals surface area contributed by atoms with Crippen molar-refractivity contribution in [2.75, 3.05) is 19.6 Å². The molecule has 1 aliphatic rings. The van der Waals surface area contributed by atoms with Crippen molar-refractivity contribution in [3.8, 4) is 5.69 Å². The molecule has 6 nitrogen and oxygen atoms in total. The Kier molecular flexibility index (Phi) is 5.63. The zero-order valence-corrected chi connectivity index (χ0v) is 16.3. The summed E-state index contributed by atoms with van der Waals surface area (Å²) in [6, 6.07) is 7.44. The SMILES string of the molecule is CC(C)c1nc(C(=O)NCC2(C)CCNCC2)nn1-c1ccccc1Cl. The molecule has 0 radical (unpaired) electrons. The van der Waals surface area contributed by atoms with Crippen LogP contribution in [0.4, 0.5) is 0 Å². The highest BCUT2D eigenvalue weighted by molar-refractivity contribution is 6.32. The van der Waals surface area contributed by atoms with Gasteiger partial charge in [-0.25, -0.2) is 9.67 Å². The molecular weight excluding hydrogens is 350 g/mol. The van der Waals surface area contributed by atoms with E-state index >= 15 is 0 Å². The van der Waals surface area contributed by atoms with Gasteiger partial charge in [0.1, 0.15) is 5.82 Å². The Hall–Kier alpha value is -1.92. The number of aromatic nitrogens is 3. The van der Waals surface area contributed by atoms with E-state index in [2.05, 4.69) is 27.6 Å². The lowest BCUT2D eigenvalue weighted by Crippen LogP contribution is -2.43. The van der Waals surface area contributed by atoms with Gasteiger partial charge in [-0.2, -0.15) is 0 Å². The molecule has 2 heterocycles. The van der Waals surface area contributed by atoms with Crippen molar-refractivity contribution in [1.29, 1.82) is 0 Å². The van der Waals surface area contributed by atoms with Crippen molar-refractivity contribution in [1.82, 2.24) is 25.4 Å². The summed E-state index contributed by atoms with van der Waals surface area (Å²) in [5.41, 5.74) is 0.849. The van der Waals surface area contributed by atoms with Gasteiger partial charge in [-0.3, -0.25) is 4.79 Å². The maximum atomic E-state index is 12.6. The zero-order chi connectivity index (χ0) is 18.7. The van der Waals surface area contributed by atoms with Gasteiger partial charge in [0.05, 0.1) is 10.7 Å². The number of amides is 1. The molecule has 2 aromatic rings. The van der Waals surface area contributed by atoms with E-state index in [1.165, 1.54) is 0 Å². The first-order valence-electron chi connectivity index (χ1n) is 9.10. The maximum Gasteiger partial charge on any atom is 0.291 e. The minimum absolute atomic E-state index is 0.113. The standard InChI is InChI=1S/C19H26ClN5O/c1-13(2)17-23-16(24-25(17)15-7-5-4-6-14(15)20)18(26)22-12-19(3)8-10-21-11-9-19/h4-7,13,21H,8-12H2,1-3H3,(H,22,26). The van der Waals surface area contributed by atoms with Crippen LogP contribution in [0.15, 0.2) is 24.3 Å². The monoisotopic (exact) mass is 375 g/mol. The van der Waals surface area contributed by atoms with Crippen LogP contribution < -0.4 is 10.6 Å². The summed E-state index contributed by atoms with van der Waals surface area (Å²) < 4.78 is 1.67. The number of rotatable bonds is 5. The second kappa shape index (κ2) is 7.76. The van der Waals surface area contributed by atoms with Crippen LogP contribution >= 0.6 is 11.6 Å². The molecule has 0 saturated carbocycles. The molecule has 1 saturated heterocycles. The van der Waals surface area contributed by atoms with Gasteiger partial charge >= 0.3 is 0 Å². The van der Waals surface area contributed by atoms with E-state index < -0.39 is 0 Å². The third-order valence-electron chi connectivity index (χ3n) is 4.92. The normalized spacial score (nSPS) is 16.7. The van der Waals surface area contributed by atoms with Crippen LogP contribution in [0.3, 0.4) is 0 Å². The van der Waals surface area contributed by atoms with Crippen LogP contribution in [0, 0.1) is 5.41 Å². The van der Waals surface area contributed by atoms with Crippen molar-refractivity contribution < 1.29 is 4.79 Å². The average molecular weight is 376 g/mol. The van der Waals surface area contributed by atoms with Crippen molar-refractivity contribution in [2.24, 2.45) is 5.41 Å². The first-order chi connectivity index (χ1) is 12.4. The molecule has 0 atom stereocenters. The lowest BCUT2D eigenvalue weighted by molar-refractivity contribution is 0.0912. The van der Waals surface area contributed by atoms with Crippen molar-refractivity contribution in [3.63, 3.8) is 0 Å². The molecule has 140 valence electrons. The summed E-state index contributed by atoms with van der Waals surface area (Å²) in [6.07, 6.45) is 2.10. The molecule has 0 unspecified atom stereocenters. The third-order valence-corrected chi connectivity index (χ3v) is 5.24. The fourth-order valence-corrected chi connectivity index (χ4v) is 3.39. The molecule has 1 amide bonds. The molecular formula is C19H26ClN5O. The Morgan fingerprint density at radius 1 is 1.35 bits per heavy atom. The second-order valence-corrected chi connectivity index (χ2v) is 7.96. The van der Waals surface area contributed by atoms with Gasteiger partial charge < -0.3 is 10.6 Å². The Balaban J connectivity index is 1.81. The van der Waals surface area contributed by atoms with Crippen molar-refractivity contribution >= 4 is 17.5 Å². The van der Waals surface area contributed by atoms with E-state index in [9.17, 15) is 4.79 Å². The Morgan fingerprint density at radius 2 is 2.04 bits per heavy atom. The highest BCUT2D eigenvalue weighted by Crippen LogP contribution is 2.27. The predicted octanol–water partition coefficient (Wildman–Crippen LogP) is 3.16. The van der Waals surface area contributed by atoms with Gasteiger partial charge in [0.2, 0.25) is 5.82 Å². The van der Waals surface area contributed by atoms with Gasteiger partial charge in [-0.05, 0) is 43.5 Å². The van der Waals surface area contributed by atoms with Gasteiger partial charge in [0, 0.05) is 12.5 Å². The van der Waals surface area contributed by atoms with Crippen LogP contribution in [0.2, 0.25) is 5.02 Å². The van der Waals surface area contributed by atoms with Crippen LogP contribution in [0.25, 0.3) is 5.69 Å². The summed E-state index contributed by atoms with van der Waals surface area (Å²) in [7, 11) is 0. The lowest BCUT2D eigenvalue weighted by atomic mass is 9.81. The lowest BCUT2D eigenvalue weighted by Gasteiger charge is -2.33. The summed E-state index contributed by atoms with van der Waals surface area (Å²) in [5, 5.41) is 11.4. The number of carbonyl (C=O) groups excluding carboxylic acids is 1. The second-order valence-electron chi connectivity index (χ2n) is 7.55. The third kappa shape index (κ3) is 4.07. The Labute approximate surface area is 159 Å². The van der Waals surface area contributed by atoms with Gasteiger partial charge in [-0.1, -0.05) is 44.5 Å². The minimum Gasteiger partial charge on any atom is -0.349 e. The van der Waals surface area contributed by atoms with Crippen LogP contribution in [0.1, 0.15) is 56.0 Å². The number of carbonyl (C=O) groups is 1. The maximum absolute atomic E-state index is 12.6. The minimum atomic E-state index is -0.238. The number of nitrogens with one attached hydrogen (secondary N) is 2. The summed E-state index contributed by atoms with van der Waals surface area (Å²) in [4.78, 5) is 17.1. The molecule has 7 heteroatoms. The molecule has 26 heavy (non-hydrogen) atoms. The molecule has 0 aliphatic carbocycles. The van der Waals surface area contributed by atoms with Gasteiger partial charge in [-0.15, -0.1) is 5.10 Å². The summed E-state index contributed by atoms with van der Waals surface area (Å²) in [6.45, 7) is 8.87. The van der Waals surface area contributed by atoms with E-state index in [-0.39, 0.29) is 23.1 Å². The number of benzene rings is 1. The fourth-order valence-electron chi connectivity index (χ4n) is 3.17. The molecule has 1 aromatic carbocycles. The first-order valence-corrected chi connectivity index (χ1v) is 9.48. The fraction of sp³-hybridized carbons (Fsp3) is 0.526. The summed E-state index contributed by atoms with van der Waals surface area (Å²) in [5.74, 6) is 0.780. The Bertz CT molecular complexity index is 780. The molecule has 1 aliphatic heterocycles. The number of hydrogen-bond donors (Lipinski definition) is 2. The highest BCUT2D eigenvalue weighted by Gasteiger charge is 2.28. The number of hydrogen-bond acceptors (Lipinski definition) is 4. The van der Waals surface area contributed by atoms with E-state index in [1.807, 2.05) is 32.0 Å². The highest BCUT2D eigenvalue weighted by atomic mass is 35.5. The number of halogens is 1. The van der Waals surface area contributed by atoms with Gasteiger partial charge in [0.15, 0.2) is 0 Å². The molecule has 1 fully saturated rings. The van der Waals surface area contributed by atoms with E-state index in [0.29, 0.717) is 11.6 Å². The van der Waals surface area contributed by atoms with Crippen LogP contribution in [-0.2, 0) is 0 Å².